The molecule has 2 heterocycles. The lowest BCUT2D eigenvalue weighted by Crippen LogP contribution is -2.44. The first kappa shape index (κ1) is 13.9. The summed E-state index contributed by atoms with van der Waals surface area (Å²) in [5.41, 5.74) is 5.71. The number of nitrogen functional groups attached to an aromatic ring is 1. The third kappa shape index (κ3) is 3.34. The molecule has 0 saturated carbocycles. The van der Waals surface area contributed by atoms with E-state index in [0.717, 1.165) is 32.0 Å². The van der Waals surface area contributed by atoms with Crippen LogP contribution in [0.2, 0.25) is 5.02 Å². The van der Waals surface area contributed by atoms with Gasteiger partial charge in [0.1, 0.15) is 5.75 Å². The standard InChI is InChI=1S/C14H16ClN5O/c15-10-1-3-11(4-2-10)21-12-9-18-14(16)19-13(12)20-7-5-17-6-8-20/h1-4,9,17H,5-8H2,(H2,16,18,19). The Labute approximate surface area is 127 Å². The van der Waals surface area contributed by atoms with Crippen LogP contribution in [0.5, 0.6) is 11.5 Å². The zero-order valence-electron chi connectivity index (χ0n) is 11.4. The normalized spacial score (nSPS) is 15.0. The lowest BCUT2D eigenvalue weighted by atomic mass is 10.3. The SMILES string of the molecule is Nc1ncc(Oc2ccc(Cl)cc2)c(N2CCNCC2)n1. The van der Waals surface area contributed by atoms with E-state index in [9.17, 15) is 0 Å². The number of piperazine rings is 1. The Hall–Kier alpha value is -2.05. The Morgan fingerprint density at radius 1 is 1.19 bits per heavy atom. The molecule has 0 amide bonds. The van der Waals surface area contributed by atoms with E-state index in [4.69, 9.17) is 22.1 Å². The van der Waals surface area contributed by atoms with Gasteiger partial charge in [-0.2, -0.15) is 4.98 Å². The van der Waals surface area contributed by atoms with Crippen molar-refractivity contribution >= 4 is 23.4 Å². The van der Waals surface area contributed by atoms with Gasteiger partial charge in [-0.15, -0.1) is 0 Å². The summed E-state index contributed by atoms with van der Waals surface area (Å²) < 4.78 is 5.87. The summed E-state index contributed by atoms with van der Waals surface area (Å²) in [4.78, 5) is 10.5. The number of nitrogens with zero attached hydrogens (tertiary/aromatic N) is 3. The highest BCUT2D eigenvalue weighted by molar-refractivity contribution is 6.30. The van der Waals surface area contributed by atoms with Gasteiger partial charge in [0.15, 0.2) is 11.6 Å². The van der Waals surface area contributed by atoms with Gasteiger partial charge < -0.3 is 20.7 Å². The van der Waals surface area contributed by atoms with Crippen LogP contribution in [-0.4, -0.2) is 36.1 Å². The summed E-state index contributed by atoms with van der Waals surface area (Å²) >= 11 is 5.88. The van der Waals surface area contributed by atoms with E-state index in [-0.39, 0.29) is 5.95 Å². The molecule has 1 aliphatic heterocycles. The molecular formula is C14H16ClN5O. The van der Waals surface area contributed by atoms with Gasteiger partial charge in [0.25, 0.3) is 0 Å². The fraction of sp³-hybridized carbons (Fsp3) is 0.286. The molecule has 0 spiro atoms. The van der Waals surface area contributed by atoms with Crippen molar-refractivity contribution in [3.05, 3.63) is 35.5 Å². The van der Waals surface area contributed by atoms with E-state index in [0.29, 0.717) is 16.5 Å². The summed E-state index contributed by atoms with van der Waals surface area (Å²) in [6.07, 6.45) is 1.61. The minimum atomic E-state index is 0.243. The fourth-order valence-corrected chi connectivity index (χ4v) is 2.31. The van der Waals surface area contributed by atoms with E-state index >= 15 is 0 Å². The fourth-order valence-electron chi connectivity index (χ4n) is 2.18. The number of nitrogens with one attached hydrogen (secondary N) is 1. The Bertz CT molecular complexity index is 613. The lowest BCUT2D eigenvalue weighted by molar-refractivity contribution is 0.472. The second kappa shape index (κ2) is 6.15. The van der Waals surface area contributed by atoms with Crippen LogP contribution >= 0.6 is 11.6 Å². The second-order valence-electron chi connectivity index (χ2n) is 4.71. The van der Waals surface area contributed by atoms with Gasteiger partial charge in [0.05, 0.1) is 6.20 Å². The van der Waals surface area contributed by atoms with Gasteiger partial charge in [0, 0.05) is 31.2 Å². The molecule has 1 aliphatic rings. The van der Waals surface area contributed by atoms with Crippen molar-refractivity contribution in [3.8, 4) is 11.5 Å². The molecule has 0 atom stereocenters. The molecule has 110 valence electrons. The third-order valence-corrected chi connectivity index (χ3v) is 3.46. The number of nitrogens with two attached hydrogens (primary N) is 1. The van der Waals surface area contributed by atoms with E-state index < -0.39 is 0 Å². The number of ether oxygens (including phenoxy) is 1. The van der Waals surface area contributed by atoms with Crippen molar-refractivity contribution in [3.63, 3.8) is 0 Å². The number of halogens is 1. The molecule has 1 saturated heterocycles. The van der Waals surface area contributed by atoms with E-state index in [1.165, 1.54) is 0 Å². The molecular weight excluding hydrogens is 290 g/mol. The predicted molar refractivity (Wildman–Crippen MR) is 83.1 cm³/mol. The van der Waals surface area contributed by atoms with Gasteiger partial charge in [-0.05, 0) is 24.3 Å². The maximum absolute atomic E-state index is 5.88. The minimum Gasteiger partial charge on any atom is -0.452 e. The number of benzene rings is 1. The second-order valence-corrected chi connectivity index (χ2v) is 5.15. The highest BCUT2D eigenvalue weighted by atomic mass is 35.5. The molecule has 0 aliphatic carbocycles. The van der Waals surface area contributed by atoms with Crippen molar-refractivity contribution in [2.24, 2.45) is 0 Å². The molecule has 3 rings (SSSR count). The number of hydrogen-bond donors (Lipinski definition) is 2. The van der Waals surface area contributed by atoms with Crippen molar-refractivity contribution in [1.82, 2.24) is 15.3 Å². The molecule has 1 aromatic heterocycles. The van der Waals surface area contributed by atoms with Crippen LogP contribution in [-0.2, 0) is 0 Å². The molecule has 2 aromatic rings. The van der Waals surface area contributed by atoms with Gasteiger partial charge in [-0.1, -0.05) is 11.6 Å². The summed E-state index contributed by atoms with van der Waals surface area (Å²) in [5, 5.41) is 3.97. The summed E-state index contributed by atoms with van der Waals surface area (Å²) in [6, 6.07) is 7.17. The van der Waals surface area contributed by atoms with Gasteiger partial charge in [-0.25, -0.2) is 4.98 Å². The van der Waals surface area contributed by atoms with Crippen LogP contribution in [0.3, 0.4) is 0 Å². The van der Waals surface area contributed by atoms with Crippen LogP contribution < -0.4 is 20.7 Å². The molecule has 0 unspecified atom stereocenters. The molecule has 0 bridgehead atoms. The number of rotatable bonds is 3. The number of hydrogen-bond acceptors (Lipinski definition) is 6. The first-order chi connectivity index (χ1) is 10.2. The van der Waals surface area contributed by atoms with E-state index in [1.807, 2.05) is 0 Å². The highest BCUT2D eigenvalue weighted by Gasteiger charge is 2.18. The maximum Gasteiger partial charge on any atom is 0.222 e. The average Bonchev–Trinajstić information content (AvgIpc) is 2.52. The largest absolute Gasteiger partial charge is 0.452 e. The zero-order chi connectivity index (χ0) is 14.7. The van der Waals surface area contributed by atoms with Crippen LogP contribution in [0.1, 0.15) is 0 Å². The monoisotopic (exact) mass is 305 g/mol. The van der Waals surface area contributed by atoms with Gasteiger partial charge in [-0.3, -0.25) is 0 Å². The predicted octanol–water partition coefficient (Wildman–Crippen LogP) is 1.91. The van der Waals surface area contributed by atoms with Crippen LogP contribution in [0.15, 0.2) is 30.5 Å². The van der Waals surface area contributed by atoms with Crippen LogP contribution in [0.25, 0.3) is 0 Å². The summed E-state index contributed by atoms with van der Waals surface area (Å²) in [6.45, 7) is 3.52. The molecule has 21 heavy (non-hydrogen) atoms. The maximum atomic E-state index is 5.88. The number of aromatic nitrogens is 2. The van der Waals surface area contributed by atoms with Gasteiger partial charge in [0.2, 0.25) is 5.95 Å². The first-order valence-electron chi connectivity index (χ1n) is 6.74. The van der Waals surface area contributed by atoms with Crippen molar-refractivity contribution in [1.29, 1.82) is 0 Å². The Morgan fingerprint density at radius 2 is 1.90 bits per heavy atom. The third-order valence-electron chi connectivity index (χ3n) is 3.21. The summed E-state index contributed by atoms with van der Waals surface area (Å²) in [7, 11) is 0. The van der Waals surface area contributed by atoms with Crippen molar-refractivity contribution in [2.75, 3.05) is 36.8 Å². The molecule has 1 aromatic carbocycles. The molecule has 6 nitrogen and oxygen atoms in total. The first-order valence-corrected chi connectivity index (χ1v) is 7.12. The Balaban J connectivity index is 1.88. The van der Waals surface area contributed by atoms with Gasteiger partial charge >= 0.3 is 0 Å². The molecule has 1 fully saturated rings. The minimum absolute atomic E-state index is 0.243. The Kier molecular flexibility index (Phi) is 4.08. The Morgan fingerprint density at radius 3 is 2.62 bits per heavy atom. The molecule has 3 N–H and O–H groups in total. The van der Waals surface area contributed by atoms with E-state index in [1.54, 1.807) is 30.5 Å². The number of anilines is 2. The average molecular weight is 306 g/mol. The van der Waals surface area contributed by atoms with E-state index in [2.05, 4.69) is 20.2 Å². The zero-order valence-corrected chi connectivity index (χ0v) is 12.2. The molecule has 7 heteroatoms. The van der Waals surface area contributed by atoms with Crippen molar-refractivity contribution < 1.29 is 4.74 Å². The lowest BCUT2D eigenvalue weighted by Gasteiger charge is -2.29. The summed E-state index contributed by atoms with van der Waals surface area (Å²) in [5.74, 6) is 2.24. The highest BCUT2D eigenvalue weighted by Crippen LogP contribution is 2.31. The smallest absolute Gasteiger partial charge is 0.222 e. The van der Waals surface area contributed by atoms with Crippen molar-refractivity contribution in [2.45, 2.75) is 0 Å². The topological polar surface area (TPSA) is 76.3 Å². The molecule has 0 radical (unpaired) electrons. The van der Waals surface area contributed by atoms with Crippen LogP contribution in [0.4, 0.5) is 11.8 Å². The van der Waals surface area contributed by atoms with Crippen LogP contribution in [0, 0.1) is 0 Å². The quantitative estimate of drug-likeness (QED) is 0.902.